The number of ether oxygens (including phenoxy) is 1. The van der Waals surface area contributed by atoms with Gasteiger partial charge in [-0.25, -0.2) is 0 Å². The topological polar surface area (TPSA) is 77.7 Å². The number of esters is 1. The Hall–Kier alpha value is -3.54. The van der Waals surface area contributed by atoms with Crippen LogP contribution in [0.2, 0.25) is 0 Å². The highest BCUT2D eigenvalue weighted by Crippen LogP contribution is 2.34. The van der Waals surface area contributed by atoms with Gasteiger partial charge in [-0.2, -0.15) is 0 Å². The molecular weight excluding hydrogens is 380 g/mol. The number of rotatable bonds is 4. The molecule has 2 heterocycles. The summed E-state index contributed by atoms with van der Waals surface area (Å²) in [6.45, 7) is 4.03. The molecule has 6 heteroatoms. The lowest BCUT2D eigenvalue weighted by molar-refractivity contribution is -0.143. The minimum atomic E-state index is -0.754. The van der Waals surface area contributed by atoms with Crippen LogP contribution in [0.1, 0.15) is 51.7 Å². The highest BCUT2D eigenvalue weighted by molar-refractivity contribution is 6.08. The Morgan fingerprint density at radius 3 is 2.47 bits per heavy atom. The van der Waals surface area contributed by atoms with Gasteiger partial charge in [0.25, 0.3) is 5.91 Å². The molecule has 30 heavy (non-hydrogen) atoms. The fourth-order valence-corrected chi connectivity index (χ4v) is 3.94. The standard InChI is InChI=1S/C24H22N2O4/c1-3-30-24(29)20-14-25-13-12-19-18-6-4-5-7-21(18)26(22(19)20)23(28)17-10-8-16(9-11-17)15(2)27/h4-11,14,20H,3,12-13H2,1-2H3. The van der Waals surface area contributed by atoms with Crippen LogP contribution in [0.5, 0.6) is 0 Å². The first-order chi connectivity index (χ1) is 14.5. The summed E-state index contributed by atoms with van der Waals surface area (Å²) in [5.74, 6) is -1.50. The monoisotopic (exact) mass is 402 g/mol. The van der Waals surface area contributed by atoms with Crippen molar-refractivity contribution in [3.63, 3.8) is 0 Å². The molecule has 152 valence electrons. The normalized spacial score (nSPS) is 15.5. The fourth-order valence-electron chi connectivity index (χ4n) is 3.94. The molecule has 0 saturated carbocycles. The van der Waals surface area contributed by atoms with Crippen LogP contribution >= 0.6 is 0 Å². The Morgan fingerprint density at radius 2 is 1.77 bits per heavy atom. The second-order valence-electron chi connectivity index (χ2n) is 7.19. The summed E-state index contributed by atoms with van der Waals surface area (Å²) in [6, 6.07) is 14.2. The van der Waals surface area contributed by atoms with Crippen LogP contribution in [-0.2, 0) is 16.0 Å². The number of hydrogen-bond donors (Lipinski definition) is 0. The molecule has 1 aliphatic heterocycles. The van der Waals surface area contributed by atoms with E-state index in [9.17, 15) is 14.4 Å². The van der Waals surface area contributed by atoms with Gasteiger partial charge in [0.2, 0.25) is 0 Å². The maximum atomic E-state index is 13.6. The van der Waals surface area contributed by atoms with E-state index in [1.165, 1.54) is 6.92 Å². The fraction of sp³-hybridized carbons (Fsp3) is 0.250. The van der Waals surface area contributed by atoms with E-state index in [4.69, 9.17) is 4.74 Å². The zero-order valence-electron chi connectivity index (χ0n) is 16.9. The van der Waals surface area contributed by atoms with Crippen molar-refractivity contribution >= 4 is 34.8 Å². The molecule has 0 spiro atoms. The Balaban J connectivity index is 1.93. The van der Waals surface area contributed by atoms with Gasteiger partial charge in [-0.3, -0.25) is 23.9 Å². The van der Waals surface area contributed by atoms with Crippen LogP contribution in [0.15, 0.2) is 53.5 Å². The zero-order valence-corrected chi connectivity index (χ0v) is 16.9. The highest BCUT2D eigenvalue weighted by Gasteiger charge is 2.32. The zero-order chi connectivity index (χ0) is 21.3. The number of nitrogens with zero attached hydrogens (tertiary/aromatic N) is 2. The average molecular weight is 402 g/mol. The molecule has 0 N–H and O–H groups in total. The van der Waals surface area contributed by atoms with Crippen LogP contribution in [0.4, 0.5) is 0 Å². The first-order valence-corrected chi connectivity index (χ1v) is 9.97. The van der Waals surface area contributed by atoms with Gasteiger partial charge in [-0.05, 0) is 44.0 Å². The van der Waals surface area contributed by atoms with Gasteiger partial charge in [0, 0.05) is 35.0 Å². The van der Waals surface area contributed by atoms with E-state index in [1.54, 1.807) is 42.0 Å². The summed E-state index contributed by atoms with van der Waals surface area (Å²) in [7, 11) is 0. The molecule has 2 aromatic carbocycles. The molecule has 1 aromatic heterocycles. The molecule has 3 aromatic rings. The number of hydrogen-bond acceptors (Lipinski definition) is 5. The molecule has 0 radical (unpaired) electrons. The lowest BCUT2D eigenvalue weighted by Crippen LogP contribution is -2.24. The van der Waals surface area contributed by atoms with Crippen molar-refractivity contribution < 1.29 is 19.1 Å². The Labute approximate surface area is 174 Å². The summed E-state index contributed by atoms with van der Waals surface area (Å²) in [5.41, 5.74) is 3.27. The van der Waals surface area contributed by atoms with Gasteiger partial charge in [0.15, 0.2) is 5.78 Å². The third kappa shape index (κ3) is 3.34. The summed E-state index contributed by atoms with van der Waals surface area (Å²) >= 11 is 0. The van der Waals surface area contributed by atoms with E-state index in [0.717, 1.165) is 16.5 Å². The lowest BCUT2D eigenvalue weighted by atomic mass is 9.99. The molecular formula is C24H22N2O4. The summed E-state index contributed by atoms with van der Waals surface area (Å²) in [4.78, 5) is 42.3. The second kappa shape index (κ2) is 8.06. The lowest BCUT2D eigenvalue weighted by Gasteiger charge is -2.16. The number of fused-ring (bicyclic) bond motifs is 3. The van der Waals surface area contributed by atoms with Gasteiger partial charge in [-0.15, -0.1) is 0 Å². The van der Waals surface area contributed by atoms with Crippen molar-refractivity contribution in [1.29, 1.82) is 0 Å². The molecule has 1 unspecified atom stereocenters. The third-order valence-corrected chi connectivity index (χ3v) is 5.34. The predicted molar refractivity (Wildman–Crippen MR) is 115 cm³/mol. The van der Waals surface area contributed by atoms with E-state index in [2.05, 4.69) is 4.99 Å². The number of carbonyl (C=O) groups excluding carboxylic acids is 3. The number of carbonyl (C=O) groups is 3. The van der Waals surface area contributed by atoms with E-state index >= 15 is 0 Å². The highest BCUT2D eigenvalue weighted by atomic mass is 16.5. The van der Waals surface area contributed by atoms with Crippen molar-refractivity contribution in [2.24, 2.45) is 4.99 Å². The number of para-hydroxylation sites is 1. The van der Waals surface area contributed by atoms with Crippen molar-refractivity contribution in [1.82, 2.24) is 4.57 Å². The number of ketones is 1. The summed E-state index contributed by atoms with van der Waals surface area (Å²) in [6.07, 6.45) is 2.22. The van der Waals surface area contributed by atoms with Crippen molar-refractivity contribution in [3.8, 4) is 0 Å². The average Bonchev–Trinajstić information content (AvgIpc) is 2.91. The summed E-state index contributed by atoms with van der Waals surface area (Å²) < 4.78 is 6.88. The molecule has 0 fully saturated rings. The van der Waals surface area contributed by atoms with Crippen LogP contribution in [0, 0.1) is 0 Å². The quantitative estimate of drug-likeness (QED) is 0.491. The Kier molecular flexibility index (Phi) is 5.31. The van der Waals surface area contributed by atoms with E-state index in [1.807, 2.05) is 24.3 Å². The maximum absolute atomic E-state index is 13.6. The SMILES string of the molecule is CCOC(=O)C1C=NCCc2c1n(C(=O)c1ccc(C(C)=O)cc1)c1ccccc21. The largest absolute Gasteiger partial charge is 0.465 e. The summed E-state index contributed by atoms with van der Waals surface area (Å²) in [5, 5.41) is 0.931. The molecule has 4 rings (SSSR count). The molecule has 6 nitrogen and oxygen atoms in total. The van der Waals surface area contributed by atoms with E-state index in [-0.39, 0.29) is 18.3 Å². The maximum Gasteiger partial charge on any atom is 0.320 e. The van der Waals surface area contributed by atoms with Gasteiger partial charge in [-0.1, -0.05) is 30.3 Å². The Bertz CT molecular complexity index is 1170. The molecule has 0 amide bonds. The minimum absolute atomic E-state index is 0.0622. The van der Waals surface area contributed by atoms with Crippen molar-refractivity contribution in [2.75, 3.05) is 13.2 Å². The number of aromatic nitrogens is 1. The number of benzene rings is 2. The first kappa shape index (κ1) is 19.8. The van der Waals surface area contributed by atoms with Crippen molar-refractivity contribution in [3.05, 3.63) is 70.9 Å². The number of Topliss-reactive ketones (excluding diaryl/α,β-unsaturated/α-hetero) is 1. The van der Waals surface area contributed by atoms with Crippen LogP contribution < -0.4 is 0 Å². The molecule has 1 atom stereocenters. The van der Waals surface area contributed by atoms with Gasteiger partial charge >= 0.3 is 5.97 Å². The molecule has 0 saturated heterocycles. The first-order valence-electron chi connectivity index (χ1n) is 9.97. The number of aliphatic imine (C=N–C) groups is 1. The molecule has 0 aliphatic carbocycles. The Morgan fingerprint density at radius 1 is 1.07 bits per heavy atom. The van der Waals surface area contributed by atoms with Crippen LogP contribution in [-0.4, -0.2) is 41.6 Å². The van der Waals surface area contributed by atoms with Gasteiger partial charge in [0.05, 0.1) is 12.1 Å². The second-order valence-corrected chi connectivity index (χ2v) is 7.19. The van der Waals surface area contributed by atoms with Gasteiger partial charge < -0.3 is 4.74 Å². The van der Waals surface area contributed by atoms with E-state index in [0.29, 0.717) is 29.8 Å². The van der Waals surface area contributed by atoms with Gasteiger partial charge in [0.1, 0.15) is 5.92 Å². The third-order valence-electron chi connectivity index (χ3n) is 5.34. The minimum Gasteiger partial charge on any atom is -0.465 e. The van der Waals surface area contributed by atoms with Crippen LogP contribution in [0.25, 0.3) is 10.9 Å². The molecule has 1 aliphatic rings. The van der Waals surface area contributed by atoms with E-state index < -0.39 is 11.9 Å². The van der Waals surface area contributed by atoms with Crippen molar-refractivity contribution in [2.45, 2.75) is 26.2 Å². The van der Waals surface area contributed by atoms with Crippen LogP contribution in [0.3, 0.4) is 0 Å². The smallest absolute Gasteiger partial charge is 0.320 e. The predicted octanol–water partition coefficient (Wildman–Crippen LogP) is 3.81. The molecule has 0 bridgehead atoms.